The van der Waals surface area contributed by atoms with E-state index in [9.17, 15) is 0 Å². The zero-order valence-electron chi connectivity index (χ0n) is 9.88. The molecule has 0 spiro atoms. The van der Waals surface area contributed by atoms with Gasteiger partial charge in [0, 0.05) is 12.6 Å². The van der Waals surface area contributed by atoms with Crippen molar-refractivity contribution in [3.05, 3.63) is 0 Å². The van der Waals surface area contributed by atoms with Crippen LogP contribution < -0.4 is 5.73 Å². The molecule has 0 radical (unpaired) electrons. The van der Waals surface area contributed by atoms with Gasteiger partial charge >= 0.3 is 0 Å². The molecule has 14 heavy (non-hydrogen) atoms. The maximum Gasteiger partial charge on any atom is 0.0804 e. The van der Waals surface area contributed by atoms with E-state index >= 15 is 0 Å². The minimum atomic E-state index is -0.107. The molecule has 0 saturated heterocycles. The Labute approximate surface area is 88.2 Å². The van der Waals surface area contributed by atoms with Gasteiger partial charge in [0.2, 0.25) is 0 Å². The lowest BCUT2D eigenvalue weighted by atomic mass is 9.83. The van der Waals surface area contributed by atoms with Gasteiger partial charge in [0.05, 0.1) is 5.60 Å². The second-order valence-corrected chi connectivity index (χ2v) is 4.67. The van der Waals surface area contributed by atoms with Gasteiger partial charge in [-0.05, 0) is 39.0 Å². The Morgan fingerprint density at radius 3 is 2.36 bits per heavy atom. The van der Waals surface area contributed by atoms with Crippen molar-refractivity contribution in [2.24, 2.45) is 11.7 Å². The summed E-state index contributed by atoms with van der Waals surface area (Å²) in [5.74, 6) is 0.687. The van der Waals surface area contributed by atoms with E-state index in [4.69, 9.17) is 10.5 Å². The highest BCUT2D eigenvalue weighted by Crippen LogP contribution is 2.33. The van der Waals surface area contributed by atoms with Gasteiger partial charge < -0.3 is 10.5 Å². The van der Waals surface area contributed by atoms with E-state index in [1.54, 1.807) is 0 Å². The SMILES string of the molecule is CCOC(C)(CC)C(N)C1CCCC1. The van der Waals surface area contributed by atoms with Gasteiger partial charge in [-0.2, -0.15) is 0 Å². The monoisotopic (exact) mass is 199 g/mol. The highest BCUT2D eigenvalue weighted by molar-refractivity contribution is 4.92. The van der Waals surface area contributed by atoms with Crippen molar-refractivity contribution in [1.29, 1.82) is 0 Å². The molecule has 2 nitrogen and oxygen atoms in total. The number of nitrogens with two attached hydrogens (primary N) is 1. The summed E-state index contributed by atoms with van der Waals surface area (Å²) in [5.41, 5.74) is 6.22. The molecule has 1 fully saturated rings. The van der Waals surface area contributed by atoms with E-state index in [1.165, 1.54) is 25.7 Å². The number of hydrogen-bond acceptors (Lipinski definition) is 2. The van der Waals surface area contributed by atoms with Crippen molar-refractivity contribution in [3.8, 4) is 0 Å². The first-order valence-corrected chi connectivity index (χ1v) is 6.03. The molecule has 2 unspecified atom stereocenters. The maximum atomic E-state index is 6.33. The molecule has 0 aromatic carbocycles. The Hall–Kier alpha value is -0.0800. The van der Waals surface area contributed by atoms with Crippen molar-refractivity contribution in [2.45, 2.75) is 64.5 Å². The van der Waals surface area contributed by atoms with Gasteiger partial charge in [-0.15, -0.1) is 0 Å². The molecule has 1 aliphatic carbocycles. The lowest BCUT2D eigenvalue weighted by Gasteiger charge is -2.37. The number of rotatable bonds is 5. The maximum absolute atomic E-state index is 6.33. The number of hydrogen-bond donors (Lipinski definition) is 1. The van der Waals surface area contributed by atoms with E-state index < -0.39 is 0 Å². The fraction of sp³-hybridized carbons (Fsp3) is 1.00. The molecule has 84 valence electrons. The molecule has 2 N–H and O–H groups in total. The molecule has 0 heterocycles. The largest absolute Gasteiger partial charge is 0.374 e. The van der Waals surface area contributed by atoms with E-state index in [0.29, 0.717) is 5.92 Å². The summed E-state index contributed by atoms with van der Waals surface area (Å²) in [6.07, 6.45) is 6.31. The van der Waals surface area contributed by atoms with Crippen LogP contribution in [0.1, 0.15) is 52.9 Å². The van der Waals surface area contributed by atoms with Crippen molar-refractivity contribution < 1.29 is 4.74 Å². The molecule has 0 aromatic rings. The smallest absolute Gasteiger partial charge is 0.0804 e. The van der Waals surface area contributed by atoms with Gasteiger partial charge in [-0.3, -0.25) is 0 Å². The molecule has 0 bridgehead atoms. The van der Waals surface area contributed by atoms with Crippen LogP contribution in [0.2, 0.25) is 0 Å². The average molecular weight is 199 g/mol. The predicted octanol–water partition coefficient (Wildman–Crippen LogP) is 2.71. The predicted molar refractivity (Wildman–Crippen MR) is 60.3 cm³/mol. The van der Waals surface area contributed by atoms with E-state index in [-0.39, 0.29) is 11.6 Å². The molecular weight excluding hydrogens is 174 g/mol. The van der Waals surface area contributed by atoms with Gasteiger partial charge in [-0.25, -0.2) is 0 Å². The Morgan fingerprint density at radius 2 is 1.93 bits per heavy atom. The van der Waals surface area contributed by atoms with Crippen molar-refractivity contribution in [1.82, 2.24) is 0 Å². The van der Waals surface area contributed by atoms with Crippen LogP contribution in [0, 0.1) is 5.92 Å². The molecule has 0 aliphatic heterocycles. The Morgan fingerprint density at radius 1 is 1.36 bits per heavy atom. The van der Waals surface area contributed by atoms with Crippen molar-refractivity contribution >= 4 is 0 Å². The van der Waals surface area contributed by atoms with E-state index in [0.717, 1.165) is 13.0 Å². The molecule has 1 saturated carbocycles. The van der Waals surface area contributed by atoms with Crippen LogP contribution in [0.3, 0.4) is 0 Å². The lowest BCUT2D eigenvalue weighted by Crippen LogP contribution is -2.51. The summed E-state index contributed by atoms with van der Waals surface area (Å²) in [7, 11) is 0. The molecule has 1 aliphatic rings. The molecular formula is C12H25NO. The summed E-state index contributed by atoms with van der Waals surface area (Å²) in [5, 5.41) is 0. The van der Waals surface area contributed by atoms with Crippen LogP contribution in [-0.4, -0.2) is 18.2 Å². The second-order valence-electron chi connectivity index (χ2n) is 4.67. The van der Waals surface area contributed by atoms with Crippen LogP contribution in [0.5, 0.6) is 0 Å². The first kappa shape index (κ1) is 12.0. The quantitative estimate of drug-likeness (QED) is 0.739. The van der Waals surface area contributed by atoms with Crippen LogP contribution in [0.25, 0.3) is 0 Å². The van der Waals surface area contributed by atoms with Crippen LogP contribution in [0.4, 0.5) is 0 Å². The molecule has 0 amide bonds. The topological polar surface area (TPSA) is 35.2 Å². The van der Waals surface area contributed by atoms with Crippen molar-refractivity contribution in [2.75, 3.05) is 6.61 Å². The summed E-state index contributed by atoms with van der Waals surface area (Å²) in [6.45, 7) is 7.16. The standard InChI is InChI=1S/C12H25NO/c1-4-12(3,14-5-2)11(13)10-8-6-7-9-10/h10-11H,4-9,13H2,1-3H3. The molecule has 0 aromatic heterocycles. The zero-order chi connectivity index (χ0) is 10.6. The minimum Gasteiger partial charge on any atom is -0.374 e. The van der Waals surface area contributed by atoms with Crippen LogP contribution in [0.15, 0.2) is 0 Å². The highest BCUT2D eigenvalue weighted by atomic mass is 16.5. The highest BCUT2D eigenvalue weighted by Gasteiger charge is 2.36. The summed E-state index contributed by atoms with van der Waals surface area (Å²) < 4.78 is 5.83. The van der Waals surface area contributed by atoms with E-state index in [1.807, 2.05) is 0 Å². The Bertz CT molecular complexity index is 166. The first-order valence-electron chi connectivity index (χ1n) is 6.03. The minimum absolute atomic E-state index is 0.107. The second kappa shape index (κ2) is 5.13. The lowest BCUT2D eigenvalue weighted by molar-refractivity contribution is -0.0586. The number of ether oxygens (including phenoxy) is 1. The summed E-state index contributed by atoms with van der Waals surface area (Å²) in [4.78, 5) is 0. The van der Waals surface area contributed by atoms with Gasteiger partial charge in [0.25, 0.3) is 0 Å². The Balaban J connectivity index is 2.57. The third-order valence-corrected chi connectivity index (χ3v) is 3.79. The van der Waals surface area contributed by atoms with E-state index in [2.05, 4.69) is 20.8 Å². The van der Waals surface area contributed by atoms with Gasteiger partial charge in [0.1, 0.15) is 0 Å². The zero-order valence-corrected chi connectivity index (χ0v) is 9.88. The van der Waals surface area contributed by atoms with Crippen molar-refractivity contribution in [3.63, 3.8) is 0 Å². The third-order valence-electron chi connectivity index (χ3n) is 3.79. The fourth-order valence-electron chi connectivity index (χ4n) is 2.58. The first-order chi connectivity index (χ1) is 6.64. The van der Waals surface area contributed by atoms with Gasteiger partial charge in [-0.1, -0.05) is 19.8 Å². The molecule has 2 atom stereocenters. The fourth-order valence-corrected chi connectivity index (χ4v) is 2.58. The van der Waals surface area contributed by atoms with Crippen LogP contribution in [-0.2, 0) is 4.74 Å². The Kier molecular flexibility index (Phi) is 4.39. The summed E-state index contributed by atoms with van der Waals surface area (Å²) in [6, 6.07) is 0.218. The van der Waals surface area contributed by atoms with Crippen LogP contribution >= 0.6 is 0 Å². The molecule has 2 heteroatoms. The normalized spacial score (nSPS) is 24.9. The summed E-state index contributed by atoms with van der Waals surface area (Å²) >= 11 is 0. The molecule has 1 rings (SSSR count). The third kappa shape index (κ3) is 2.48. The van der Waals surface area contributed by atoms with Gasteiger partial charge in [0.15, 0.2) is 0 Å². The average Bonchev–Trinajstić information content (AvgIpc) is 2.69.